The standard InChI is InChI=1S/C11H20/c1-7-5-9-10(6-8(7)2)11(9,3)4/h7-10H,5-6H2,1-4H3/t7-,8-,9?,10?/m1/s1. The SMILES string of the molecule is C[C@@H]1CC2C(C[C@H]1C)C2(C)C. The molecule has 0 aliphatic heterocycles. The van der Waals surface area contributed by atoms with Gasteiger partial charge in [-0.25, -0.2) is 0 Å². The van der Waals surface area contributed by atoms with E-state index < -0.39 is 0 Å². The maximum atomic E-state index is 2.45. The normalized spacial score (nSPS) is 53.5. The summed E-state index contributed by atoms with van der Waals surface area (Å²) in [5, 5.41) is 0. The predicted octanol–water partition coefficient (Wildman–Crippen LogP) is 3.32. The van der Waals surface area contributed by atoms with Crippen LogP contribution in [0.4, 0.5) is 0 Å². The molecule has 2 saturated carbocycles. The minimum atomic E-state index is 0.707. The van der Waals surface area contributed by atoms with E-state index in [1.807, 2.05) is 0 Å². The van der Waals surface area contributed by atoms with Gasteiger partial charge in [-0.15, -0.1) is 0 Å². The van der Waals surface area contributed by atoms with Gasteiger partial charge in [0.25, 0.3) is 0 Å². The topological polar surface area (TPSA) is 0 Å². The van der Waals surface area contributed by atoms with E-state index in [0.717, 1.165) is 23.7 Å². The maximum Gasteiger partial charge on any atom is -0.0292 e. The van der Waals surface area contributed by atoms with Crippen molar-refractivity contribution in [3.8, 4) is 0 Å². The average Bonchev–Trinajstić information content (AvgIpc) is 2.39. The molecular formula is C11H20. The van der Waals surface area contributed by atoms with Crippen molar-refractivity contribution in [3.05, 3.63) is 0 Å². The third-order valence-electron chi connectivity index (χ3n) is 4.51. The molecule has 2 aliphatic carbocycles. The average molecular weight is 152 g/mol. The Kier molecular flexibility index (Phi) is 1.41. The highest BCUT2D eigenvalue weighted by Gasteiger charge is 2.59. The van der Waals surface area contributed by atoms with Gasteiger partial charge in [0.05, 0.1) is 0 Å². The zero-order valence-electron chi connectivity index (χ0n) is 8.22. The van der Waals surface area contributed by atoms with Gasteiger partial charge in [0.2, 0.25) is 0 Å². The fourth-order valence-corrected chi connectivity index (χ4v) is 3.06. The number of rotatable bonds is 0. The van der Waals surface area contributed by atoms with Gasteiger partial charge < -0.3 is 0 Å². The summed E-state index contributed by atoms with van der Waals surface area (Å²) in [5.74, 6) is 4.12. The van der Waals surface area contributed by atoms with Crippen LogP contribution >= 0.6 is 0 Å². The van der Waals surface area contributed by atoms with Crippen LogP contribution < -0.4 is 0 Å². The molecule has 0 N–H and O–H groups in total. The quantitative estimate of drug-likeness (QED) is 0.499. The Morgan fingerprint density at radius 2 is 1.27 bits per heavy atom. The minimum absolute atomic E-state index is 0.707. The Bertz CT molecular complexity index is 151. The zero-order valence-corrected chi connectivity index (χ0v) is 8.22. The molecule has 0 amide bonds. The van der Waals surface area contributed by atoms with Gasteiger partial charge in [-0.05, 0) is 41.9 Å². The monoisotopic (exact) mass is 152 g/mol. The van der Waals surface area contributed by atoms with Gasteiger partial charge in [0.15, 0.2) is 0 Å². The minimum Gasteiger partial charge on any atom is -0.0622 e. The van der Waals surface area contributed by atoms with Gasteiger partial charge in [0.1, 0.15) is 0 Å². The van der Waals surface area contributed by atoms with Crippen LogP contribution in [0.1, 0.15) is 40.5 Å². The van der Waals surface area contributed by atoms with Crippen molar-refractivity contribution < 1.29 is 0 Å². The largest absolute Gasteiger partial charge is 0.0622 e. The molecule has 2 unspecified atom stereocenters. The van der Waals surface area contributed by atoms with Crippen molar-refractivity contribution in [3.63, 3.8) is 0 Å². The molecule has 0 bridgehead atoms. The highest BCUT2D eigenvalue weighted by Crippen LogP contribution is 2.66. The fraction of sp³-hybridized carbons (Fsp3) is 1.00. The molecule has 64 valence electrons. The van der Waals surface area contributed by atoms with Gasteiger partial charge in [-0.3, -0.25) is 0 Å². The summed E-state index contributed by atoms with van der Waals surface area (Å²) in [6.07, 6.45) is 3.00. The Hall–Kier alpha value is 0. The van der Waals surface area contributed by atoms with E-state index in [9.17, 15) is 0 Å². The molecule has 0 spiro atoms. The summed E-state index contributed by atoms with van der Waals surface area (Å²) >= 11 is 0. The molecule has 2 aliphatic rings. The molecule has 4 atom stereocenters. The Morgan fingerprint density at radius 3 is 1.64 bits per heavy atom. The van der Waals surface area contributed by atoms with E-state index in [1.54, 1.807) is 0 Å². The lowest BCUT2D eigenvalue weighted by molar-refractivity contribution is 0.265. The van der Waals surface area contributed by atoms with Gasteiger partial charge >= 0.3 is 0 Å². The van der Waals surface area contributed by atoms with Crippen LogP contribution in [-0.4, -0.2) is 0 Å². The van der Waals surface area contributed by atoms with Crippen molar-refractivity contribution in [1.82, 2.24) is 0 Å². The molecule has 0 aromatic rings. The van der Waals surface area contributed by atoms with E-state index in [2.05, 4.69) is 27.7 Å². The molecule has 11 heavy (non-hydrogen) atoms. The van der Waals surface area contributed by atoms with Gasteiger partial charge in [-0.2, -0.15) is 0 Å². The van der Waals surface area contributed by atoms with Crippen molar-refractivity contribution in [1.29, 1.82) is 0 Å². The summed E-state index contributed by atoms with van der Waals surface area (Å²) in [6.45, 7) is 9.75. The molecule has 0 saturated heterocycles. The molecule has 0 nitrogen and oxygen atoms in total. The van der Waals surface area contributed by atoms with Crippen LogP contribution in [0.15, 0.2) is 0 Å². The number of fused-ring (bicyclic) bond motifs is 1. The van der Waals surface area contributed by atoms with E-state index >= 15 is 0 Å². The molecule has 0 aromatic carbocycles. The second kappa shape index (κ2) is 2.02. The van der Waals surface area contributed by atoms with Crippen LogP contribution in [0, 0.1) is 29.1 Å². The van der Waals surface area contributed by atoms with Crippen molar-refractivity contribution >= 4 is 0 Å². The van der Waals surface area contributed by atoms with E-state index in [-0.39, 0.29) is 0 Å². The maximum absolute atomic E-state index is 2.45. The summed E-state index contributed by atoms with van der Waals surface area (Å²) < 4.78 is 0. The fourth-order valence-electron chi connectivity index (χ4n) is 3.06. The van der Waals surface area contributed by atoms with Crippen LogP contribution in [0.5, 0.6) is 0 Å². The first-order chi connectivity index (χ1) is 5.03. The molecule has 2 fully saturated rings. The molecule has 0 aromatic heterocycles. The first-order valence-electron chi connectivity index (χ1n) is 5.03. The lowest BCUT2D eigenvalue weighted by Crippen LogP contribution is -2.14. The molecule has 2 rings (SSSR count). The second-order valence-corrected chi connectivity index (χ2v) is 5.46. The first-order valence-corrected chi connectivity index (χ1v) is 5.03. The third-order valence-corrected chi connectivity index (χ3v) is 4.51. The molecule has 0 radical (unpaired) electrons. The lowest BCUT2D eigenvalue weighted by Gasteiger charge is -2.24. The van der Waals surface area contributed by atoms with E-state index in [0.29, 0.717) is 5.41 Å². The van der Waals surface area contributed by atoms with Crippen LogP contribution in [0.25, 0.3) is 0 Å². The lowest BCUT2D eigenvalue weighted by atomic mass is 9.82. The summed E-state index contributed by atoms with van der Waals surface area (Å²) in [6, 6.07) is 0. The molecular weight excluding hydrogens is 132 g/mol. The Morgan fingerprint density at radius 1 is 0.909 bits per heavy atom. The third kappa shape index (κ3) is 0.947. The van der Waals surface area contributed by atoms with Crippen molar-refractivity contribution in [2.45, 2.75) is 40.5 Å². The molecule has 0 heterocycles. The summed E-state index contributed by atoms with van der Waals surface area (Å²) in [5.41, 5.74) is 0.707. The van der Waals surface area contributed by atoms with Gasteiger partial charge in [0, 0.05) is 0 Å². The Labute approximate surface area is 70.4 Å². The molecule has 0 heteroatoms. The second-order valence-electron chi connectivity index (χ2n) is 5.46. The number of hydrogen-bond donors (Lipinski definition) is 0. The van der Waals surface area contributed by atoms with Crippen molar-refractivity contribution in [2.75, 3.05) is 0 Å². The first kappa shape index (κ1) is 7.64. The summed E-state index contributed by atoms with van der Waals surface area (Å²) in [7, 11) is 0. The predicted molar refractivity (Wildman–Crippen MR) is 48.3 cm³/mol. The van der Waals surface area contributed by atoms with E-state index in [4.69, 9.17) is 0 Å². The number of hydrogen-bond acceptors (Lipinski definition) is 0. The van der Waals surface area contributed by atoms with Crippen LogP contribution in [-0.2, 0) is 0 Å². The smallest absolute Gasteiger partial charge is 0.0292 e. The van der Waals surface area contributed by atoms with Crippen molar-refractivity contribution in [2.24, 2.45) is 29.1 Å². The zero-order chi connectivity index (χ0) is 8.22. The van der Waals surface area contributed by atoms with Crippen LogP contribution in [0.2, 0.25) is 0 Å². The van der Waals surface area contributed by atoms with Gasteiger partial charge in [-0.1, -0.05) is 27.7 Å². The van der Waals surface area contributed by atoms with Crippen LogP contribution in [0.3, 0.4) is 0 Å². The van der Waals surface area contributed by atoms with E-state index in [1.165, 1.54) is 12.8 Å². The summed E-state index contributed by atoms with van der Waals surface area (Å²) in [4.78, 5) is 0. The highest BCUT2D eigenvalue weighted by atomic mass is 14.6. The Balaban J connectivity index is 2.07. The highest BCUT2D eigenvalue weighted by molar-refractivity contribution is 5.08.